The topological polar surface area (TPSA) is 79.6 Å². The molecule has 26 heavy (non-hydrogen) atoms. The summed E-state index contributed by atoms with van der Waals surface area (Å²) in [5, 5.41) is 18.2. The summed E-state index contributed by atoms with van der Waals surface area (Å²) in [6.45, 7) is 0.469. The minimum absolute atomic E-state index is 0.0403. The summed E-state index contributed by atoms with van der Waals surface area (Å²) >= 11 is 0. The zero-order chi connectivity index (χ0) is 18.4. The van der Waals surface area contributed by atoms with Crippen LogP contribution in [0.15, 0.2) is 72.8 Å². The molecule has 0 bridgehead atoms. The van der Waals surface area contributed by atoms with Crippen LogP contribution in [0, 0.1) is 11.3 Å². The molecule has 0 spiro atoms. The van der Waals surface area contributed by atoms with Crippen LogP contribution in [0.5, 0.6) is 17.2 Å². The van der Waals surface area contributed by atoms with Gasteiger partial charge in [-0.25, -0.2) is 4.79 Å². The van der Waals surface area contributed by atoms with E-state index in [4.69, 9.17) is 14.6 Å². The molecule has 0 amide bonds. The second kappa shape index (κ2) is 7.86. The van der Waals surface area contributed by atoms with Gasteiger partial charge in [0.15, 0.2) is 0 Å². The average Bonchev–Trinajstić information content (AvgIpc) is 2.68. The highest BCUT2D eigenvalue weighted by Gasteiger charge is 2.10. The van der Waals surface area contributed by atoms with Crippen molar-refractivity contribution < 1.29 is 19.4 Å². The fourth-order valence-electron chi connectivity index (χ4n) is 2.31. The van der Waals surface area contributed by atoms with Crippen LogP contribution in [0.1, 0.15) is 21.5 Å². The Morgan fingerprint density at radius 1 is 0.962 bits per heavy atom. The summed E-state index contributed by atoms with van der Waals surface area (Å²) in [5.41, 5.74) is 1.28. The smallest absolute Gasteiger partial charge is 0.335 e. The molecule has 0 aromatic heterocycles. The Morgan fingerprint density at radius 3 is 2.31 bits per heavy atom. The van der Waals surface area contributed by atoms with Crippen molar-refractivity contribution in [2.45, 2.75) is 6.61 Å². The second-order valence-corrected chi connectivity index (χ2v) is 5.48. The van der Waals surface area contributed by atoms with Crippen molar-refractivity contribution in [1.82, 2.24) is 0 Å². The number of benzene rings is 3. The summed E-state index contributed by atoms with van der Waals surface area (Å²) in [5.74, 6) is 0.433. The van der Waals surface area contributed by atoms with Crippen LogP contribution >= 0.6 is 0 Å². The van der Waals surface area contributed by atoms with Gasteiger partial charge in [-0.05, 0) is 48.0 Å². The quantitative estimate of drug-likeness (QED) is 0.705. The van der Waals surface area contributed by atoms with E-state index in [2.05, 4.69) is 0 Å². The summed E-state index contributed by atoms with van der Waals surface area (Å²) in [4.78, 5) is 11.0. The molecule has 3 rings (SSSR count). The summed E-state index contributed by atoms with van der Waals surface area (Å²) in [6.07, 6.45) is 0. The Bertz CT molecular complexity index is 944. The maximum atomic E-state index is 11.0. The molecule has 0 heterocycles. The van der Waals surface area contributed by atoms with E-state index in [0.717, 1.165) is 5.56 Å². The van der Waals surface area contributed by atoms with E-state index < -0.39 is 5.97 Å². The number of nitriles is 1. The molecule has 3 aromatic carbocycles. The van der Waals surface area contributed by atoms with Crippen molar-refractivity contribution in [1.29, 1.82) is 5.26 Å². The highest BCUT2D eigenvalue weighted by Crippen LogP contribution is 2.27. The molecule has 5 heteroatoms. The van der Waals surface area contributed by atoms with Crippen molar-refractivity contribution in [2.75, 3.05) is 0 Å². The lowest BCUT2D eigenvalue weighted by Crippen LogP contribution is -1.98. The molecule has 0 aliphatic carbocycles. The van der Waals surface area contributed by atoms with Gasteiger partial charge in [0.25, 0.3) is 0 Å². The van der Waals surface area contributed by atoms with Gasteiger partial charge in [-0.2, -0.15) is 5.26 Å². The molecule has 0 aliphatic heterocycles. The van der Waals surface area contributed by atoms with Crippen LogP contribution in [0.4, 0.5) is 0 Å². The van der Waals surface area contributed by atoms with Crippen LogP contribution in [0.25, 0.3) is 0 Å². The number of carboxylic acid groups (broad SMARTS) is 1. The minimum atomic E-state index is -1.09. The fourth-order valence-corrected chi connectivity index (χ4v) is 2.31. The third-order valence-electron chi connectivity index (χ3n) is 3.65. The van der Waals surface area contributed by atoms with Gasteiger partial charge in [-0.1, -0.05) is 30.3 Å². The summed E-state index contributed by atoms with van der Waals surface area (Å²) < 4.78 is 11.4. The lowest BCUT2D eigenvalue weighted by atomic mass is 10.1. The summed E-state index contributed by atoms with van der Waals surface area (Å²) in [7, 11) is 0. The molecule has 3 aromatic rings. The van der Waals surface area contributed by atoms with Gasteiger partial charge in [0.2, 0.25) is 0 Å². The first-order valence-electron chi connectivity index (χ1n) is 7.88. The first-order chi connectivity index (χ1) is 12.7. The molecule has 0 atom stereocenters. The Labute approximate surface area is 150 Å². The van der Waals surface area contributed by atoms with Gasteiger partial charge in [0, 0.05) is 0 Å². The van der Waals surface area contributed by atoms with Crippen molar-refractivity contribution in [3.63, 3.8) is 0 Å². The molecule has 128 valence electrons. The maximum Gasteiger partial charge on any atom is 0.335 e. The number of carbonyl (C=O) groups is 1. The lowest BCUT2D eigenvalue weighted by Gasteiger charge is -2.10. The number of rotatable bonds is 6. The first-order valence-corrected chi connectivity index (χ1v) is 7.88. The number of hydrogen-bond donors (Lipinski definition) is 1. The highest BCUT2D eigenvalue weighted by molar-refractivity contribution is 5.88. The van der Waals surface area contributed by atoms with Gasteiger partial charge in [0.05, 0.1) is 11.1 Å². The van der Waals surface area contributed by atoms with E-state index in [1.54, 1.807) is 24.3 Å². The largest absolute Gasteiger partial charge is 0.489 e. The van der Waals surface area contributed by atoms with Crippen LogP contribution in [0.3, 0.4) is 0 Å². The van der Waals surface area contributed by atoms with Gasteiger partial charge in [0.1, 0.15) is 29.9 Å². The summed E-state index contributed by atoms with van der Waals surface area (Å²) in [6, 6.07) is 23.0. The number of ether oxygens (including phenoxy) is 2. The second-order valence-electron chi connectivity index (χ2n) is 5.48. The van der Waals surface area contributed by atoms with Gasteiger partial charge < -0.3 is 14.6 Å². The monoisotopic (exact) mass is 345 g/mol. The van der Waals surface area contributed by atoms with E-state index in [9.17, 15) is 10.1 Å². The molecular weight excluding hydrogens is 330 g/mol. The van der Waals surface area contributed by atoms with Crippen molar-refractivity contribution in [3.8, 4) is 23.3 Å². The highest BCUT2D eigenvalue weighted by atomic mass is 16.5. The van der Waals surface area contributed by atoms with Gasteiger partial charge in [-0.15, -0.1) is 0 Å². The lowest BCUT2D eigenvalue weighted by molar-refractivity contribution is 0.0697. The zero-order valence-electron chi connectivity index (χ0n) is 13.8. The Hall–Kier alpha value is -3.78. The Kier molecular flexibility index (Phi) is 5.16. The van der Waals surface area contributed by atoms with Crippen LogP contribution in [0.2, 0.25) is 0 Å². The molecular formula is C21H15NO4. The Balaban J connectivity index is 1.68. The van der Waals surface area contributed by atoms with Gasteiger partial charge >= 0.3 is 5.97 Å². The molecule has 0 aliphatic rings. The SMILES string of the molecule is N#Cc1cc(C(=O)O)ccc1Oc1ccc(OCc2ccccc2)cc1. The van der Waals surface area contributed by atoms with Crippen LogP contribution in [-0.4, -0.2) is 11.1 Å². The molecule has 0 fully saturated rings. The van der Waals surface area contributed by atoms with Crippen molar-refractivity contribution in [3.05, 3.63) is 89.5 Å². The molecule has 1 N–H and O–H groups in total. The number of aromatic carboxylic acids is 1. The van der Waals surface area contributed by atoms with E-state index in [1.165, 1.54) is 18.2 Å². The third-order valence-corrected chi connectivity index (χ3v) is 3.65. The van der Waals surface area contributed by atoms with E-state index >= 15 is 0 Å². The molecule has 0 saturated heterocycles. The number of hydrogen-bond acceptors (Lipinski definition) is 4. The van der Waals surface area contributed by atoms with E-state index in [-0.39, 0.29) is 11.1 Å². The normalized spacial score (nSPS) is 9.96. The van der Waals surface area contributed by atoms with Crippen LogP contribution < -0.4 is 9.47 Å². The molecule has 0 saturated carbocycles. The first kappa shape index (κ1) is 17.1. The minimum Gasteiger partial charge on any atom is -0.489 e. The maximum absolute atomic E-state index is 11.0. The number of carboxylic acids is 1. The molecule has 0 unspecified atom stereocenters. The van der Waals surface area contributed by atoms with Crippen molar-refractivity contribution >= 4 is 5.97 Å². The predicted octanol–water partition coefficient (Wildman–Crippen LogP) is 4.63. The fraction of sp³-hybridized carbons (Fsp3) is 0.0476. The van der Waals surface area contributed by atoms with E-state index in [0.29, 0.717) is 23.9 Å². The zero-order valence-corrected chi connectivity index (χ0v) is 13.8. The van der Waals surface area contributed by atoms with Gasteiger partial charge in [-0.3, -0.25) is 0 Å². The van der Waals surface area contributed by atoms with Crippen molar-refractivity contribution in [2.24, 2.45) is 0 Å². The number of nitrogens with zero attached hydrogens (tertiary/aromatic N) is 1. The standard InChI is InChI=1S/C21H15NO4/c22-13-17-12-16(21(23)24)6-11-20(17)26-19-9-7-18(8-10-19)25-14-15-4-2-1-3-5-15/h1-12H,14H2,(H,23,24). The third kappa shape index (κ3) is 4.19. The van der Waals surface area contributed by atoms with E-state index in [1.807, 2.05) is 36.4 Å². The predicted molar refractivity (Wildman–Crippen MR) is 95.4 cm³/mol. The average molecular weight is 345 g/mol. The Morgan fingerprint density at radius 2 is 1.65 bits per heavy atom. The van der Waals surface area contributed by atoms with Crippen LogP contribution in [-0.2, 0) is 6.61 Å². The molecule has 0 radical (unpaired) electrons. The molecule has 5 nitrogen and oxygen atoms in total.